The van der Waals surface area contributed by atoms with Gasteiger partial charge in [0.15, 0.2) is 0 Å². The average Bonchev–Trinajstić information content (AvgIpc) is 2.07. The third-order valence-corrected chi connectivity index (χ3v) is 1.86. The van der Waals surface area contributed by atoms with Crippen LogP contribution in [0, 0.1) is 23.7 Å². The Morgan fingerprint density at radius 1 is 0.909 bits per heavy atom. The lowest BCUT2D eigenvalue weighted by Gasteiger charge is -1.83. The summed E-state index contributed by atoms with van der Waals surface area (Å²) in [5.74, 6) is 11.3. The number of allylic oxidation sites excluding steroid dienone is 2. The molecule has 0 aromatic heterocycles. The molecule has 0 radical (unpaired) electrons. The lowest BCUT2D eigenvalue weighted by molar-refractivity contribution is 0.904. The molecule has 0 heterocycles. The first-order valence-corrected chi connectivity index (χ1v) is 4.09. The second kappa shape index (κ2) is 4.35. The van der Waals surface area contributed by atoms with E-state index in [1.165, 1.54) is 0 Å². The van der Waals surface area contributed by atoms with Gasteiger partial charge in [-0.3, -0.25) is 0 Å². The van der Waals surface area contributed by atoms with Crippen LogP contribution in [0.2, 0.25) is 0 Å². The predicted molar refractivity (Wildman–Crippen MR) is 48.1 cm³/mol. The van der Waals surface area contributed by atoms with E-state index in [0.29, 0.717) is 10.1 Å². The Balaban J connectivity index is 2.92. The van der Waals surface area contributed by atoms with Crippen molar-refractivity contribution < 1.29 is 0 Å². The fourth-order valence-corrected chi connectivity index (χ4v) is 0.883. The Kier molecular flexibility index (Phi) is 3.37. The topological polar surface area (TPSA) is 0 Å². The molecule has 0 N–H and O–H groups in total. The van der Waals surface area contributed by atoms with E-state index >= 15 is 0 Å². The van der Waals surface area contributed by atoms with Gasteiger partial charge < -0.3 is 0 Å². The minimum atomic E-state index is 0.362. The normalized spacial score (nSPS) is 23.1. The molecule has 0 saturated heterocycles. The van der Waals surface area contributed by atoms with Crippen molar-refractivity contribution in [3.8, 4) is 23.7 Å². The van der Waals surface area contributed by atoms with Crippen molar-refractivity contribution in [2.24, 2.45) is 0 Å². The molecule has 0 bridgehead atoms. The Bertz CT molecular complexity index is 261. The third kappa shape index (κ3) is 2.89. The summed E-state index contributed by atoms with van der Waals surface area (Å²) in [7, 11) is 0. The molecule has 0 saturated carbocycles. The zero-order chi connectivity index (χ0) is 8.10. The first-order valence-electron chi connectivity index (χ1n) is 3.34. The van der Waals surface area contributed by atoms with Crippen molar-refractivity contribution >= 4 is 23.2 Å². The summed E-state index contributed by atoms with van der Waals surface area (Å²) in [6, 6.07) is 0. The smallest absolute Gasteiger partial charge is 0.0968 e. The SMILES string of the molecule is Cl/C1=C(\Cl)C#CCCCC#C1. The van der Waals surface area contributed by atoms with E-state index in [-0.39, 0.29) is 0 Å². The van der Waals surface area contributed by atoms with Crippen LogP contribution in [0.5, 0.6) is 0 Å². The van der Waals surface area contributed by atoms with Gasteiger partial charge in [0.25, 0.3) is 0 Å². The van der Waals surface area contributed by atoms with Crippen LogP contribution < -0.4 is 0 Å². The van der Waals surface area contributed by atoms with E-state index in [1.54, 1.807) is 0 Å². The maximum Gasteiger partial charge on any atom is 0.117 e. The van der Waals surface area contributed by atoms with E-state index in [4.69, 9.17) is 23.2 Å². The molecule has 0 unspecified atom stereocenters. The zero-order valence-electron chi connectivity index (χ0n) is 5.88. The quantitative estimate of drug-likeness (QED) is 0.509. The van der Waals surface area contributed by atoms with Crippen molar-refractivity contribution in [3.05, 3.63) is 10.1 Å². The fourth-order valence-electron chi connectivity index (χ4n) is 0.655. The van der Waals surface area contributed by atoms with Crippen LogP contribution in [0.25, 0.3) is 0 Å². The molecule has 0 aliphatic heterocycles. The lowest BCUT2D eigenvalue weighted by atomic mass is 10.2. The van der Waals surface area contributed by atoms with Gasteiger partial charge in [-0.2, -0.15) is 0 Å². The fraction of sp³-hybridized carbons (Fsp3) is 0.333. The van der Waals surface area contributed by atoms with Crippen LogP contribution in [0.3, 0.4) is 0 Å². The molecule has 1 aliphatic rings. The predicted octanol–water partition coefficient (Wildman–Crippen LogP) is 2.87. The molecular weight excluding hydrogens is 179 g/mol. The summed E-state index contributed by atoms with van der Waals surface area (Å²) in [5, 5.41) is 0.724. The molecule has 0 aromatic rings. The van der Waals surface area contributed by atoms with Crippen molar-refractivity contribution in [2.75, 3.05) is 0 Å². The Morgan fingerprint density at radius 3 is 1.82 bits per heavy atom. The van der Waals surface area contributed by atoms with Gasteiger partial charge in [0.2, 0.25) is 0 Å². The van der Waals surface area contributed by atoms with E-state index in [0.717, 1.165) is 19.3 Å². The molecule has 2 heteroatoms. The maximum absolute atomic E-state index is 5.69. The van der Waals surface area contributed by atoms with Crippen molar-refractivity contribution in [1.29, 1.82) is 0 Å². The summed E-state index contributed by atoms with van der Waals surface area (Å²) in [5.41, 5.74) is 0. The first-order chi connectivity index (χ1) is 5.30. The molecule has 11 heavy (non-hydrogen) atoms. The molecule has 56 valence electrons. The highest BCUT2D eigenvalue weighted by Crippen LogP contribution is 2.12. The van der Waals surface area contributed by atoms with Gasteiger partial charge in [0.1, 0.15) is 10.1 Å². The maximum atomic E-state index is 5.69. The molecule has 0 atom stereocenters. The second-order valence-electron chi connectivity index (χ2n) is 2.09. The summed E-state index contributed by atoms with van der Waals surface area (Å²) < 4.78 is 0. The summed E-state index contributed by atoms with van der Waals surface area (Å²) in [6.07, 6.45) is 2.68. The van der Waals surface area contributed by atoms with E-state index in [1.807, 2.05) is 0 Å². The van der Waals surface area contributed by atoms with Crippen LogP contribution in [0.15, 0.2) is 10.1 Å². The monoisotopic (exact) mass is 184 g/mol. The third-order valence-electron chi connectivity index (χ3n) is 1.19. The number of halogens is 2. The number of rotatable bonds is 0. The molecule has 0 amide bonds. The van der Waals surface area contributed by atoms with E-state index in [2.05, 4.69) is 23.7 Å². The Labute approximate surface area is 76.6 Å². The number of hydrogen-bond donors (Lipinski definition) is 0. The van der Waals surface area contributed by atoms with Gasteiger partial charge in [0, 0.05) is 12.8 Å². The zero-order valence-corrected chi connectivity index (χ0v) is 7.39. The minimum Gasteiger partial charge on any atom is -0.0968 e. The van der Waals surface area contributed by atoms with Gasteiger partial charge in [-0.25, -0.2) is 0 Å². The van der Waals surface area contributed by atoms with Crippen LogP contribution in [-0.2, 0) is 0 Å². The van der Waals surface area contributed by atoms with Gasteiger partial charge in [0.05, 0.1) is 0 Å². The molecule has 0 aromatic carbocycles. The molecule has 1 rings (SSSR count). The van der Waals surface area contributed by atoms with Crippen LogP contribution in [-0.4, -0.2) is 0 Å². The highest BCUT2D eigenvalue weighted by molar-refractivity contribution is 6.42. The minimum absolute atomic E-state index is 0.362. The highest BCUT2D eigenvalue weighted by atomic mass is 35.5. The molecular formula is C9H6Cl2. The van der Waals surface area contributed by atoms with E-state index < -0.39 is 0 Å². The largest absolute Gasteiger partial charge is 0.117 e. The molecule has 0 fully saturated rings. The van der Waals surface area contributed by atoms with Crippen molar-refractivity contribution in [2.45, 2.75) is 19.3 Å². The van der Waals surface area contributed by atoms with E-state index in [9.17, 15) is 0 Å². The second-order valence-corrected chi connectivity index (χ2v) is 2.84. The summed E-state index contributed by atoms with van der Waals surface area (Å²) in [6.45, 7) is 0. The van der Waals surface area contributed by atoms with Crippen LogP contribution in [0.4, 0.5) is 0 Å². The van der Waals surface area contributed by atoms with Gasteiger partial charge >= 0.3 is 0 Å². The van der Waals surface area contributed by atoms with Gasteiger partial charge in [-0.15, -0.1) is 0 Å². The standard InChI is InChI=1S/C9H6Cl2/c10-8-6-4-2-1-3-5-7-9(8)11/h1-3H2/b9-8-. The van der Waals surface area contributed by atoms with Gasteiger partial charge in [-0.05, 0) is 6.42 Å². The molecule has 0 nitrogen and oxygen atoms in total. The first kappa shape index (κ1) is 8.54. The summed E-state index contributed by atoms with van der Waals surface area (Å²) in [4.78, 5) is 0. The Morgan fingerprint density at radius 2 is 1.36 bits per heavy atom. The van der Waals surface area contributed by atoms with Gasteiger partial charge in [-0.1, -0.05) is 46.9 Å². The number of hydrogen-bond acceptors (Lipinski definition) is 0. The van der Waals surface area contributed by atoms with Crippen LogP contribution >= 0.6 is 23.2 Å². The van der Waals surface area contributed by atoms with Crippen molar-refractivity contribution in [3.63, 3.8) is 0 Å². The van der Waals surface area contributed by atoms with Crippen LogP contribution in [0.1, 0.15) is 19.3 Å². The molecule has 0 spiro atoms. The van der Waals surface area contributed by atoms with Crippen molar-refractivity contribution in [1.82, 2.24) is 0 Å². The highest BCUT2D eigenvalue weighted by Gasteiger charge is 1.94. The summed E-state index contributed by atoms with van der Waals surface area (Å²) >= 11 is 11.4. The molecule has 1 aliphatic carbocycles. The Hall–Kier alpha value is -0.560. The average molecular weight is 185 g/mol. The lowest BCUT2D eigenvalue weighted by Crippen LogP contribution is -1.69.